The molecule has 0 unspecified atom stereocenters. The van der Waals surface area contributed by atoms with Crippen LogP contribution >= 0.6 is 12.6 Å². The number of Topliss-reactive ketones (excluding diaryl/α,β-unsaturated/α-hetero) is 1. The zero-order chi connectivity index (χ0) is 11.3. The first-order chi connectivity index (χ1) is 7.13. The number of benzene rings is 1. The van der Waals surface area contributed by atoms with Gasteiger partial charge in [0, 0.05) is 12.8 Å². The lowest BCUT2D eigenvalue weighted by Gasteiger charge is -2.06. The highest BCUT2D eigenvalue weighted by Crippen LogP contribution is 2.13. The Balaban J connectivity index is 2.57. The molecule has 0 saturated carbocycles. The van der Waals surface area contributed by atoms with Crippen LogP contribution in [-0.2, 0) is 11.2 Å². The molecule has 0 N–H and O–H groups in total. The first-order valence-electron chi connectivity index (χ1n) is 5.32. The summed E-state index contributed by atoms with van der Waals surface area (Å²) in [7, 11) is 0. The van der Waals surface area contributed by atoms with Gasteiger partial charge < -0.3 is 0 Å². The number of rotatable bonds is 5. The summed E-state index contributed by atoms with van der Waals surface area (Å²) >= 11 is 4.06. The van der Waals surface area contributed by atoms with E-state index in [0.29, 0.717) is 24.4 Å². The van der Waals surface area contributed by atoms with Crippen molar-refractivity contribution in [1.82, 2.24) is 0 Å². The summed E-state index contributed by atoms with van der Waals surface area (Å²) in [4.78, 5) is 11.4. The number of thiol groups is 1. The number of aryl methyl sites for hydroxylation is 3. The number of hydrogen-bond acceptors (Lipinski definition) is 2. The van der Waals surface area contributed by atoms with Gasteiger partial charge in [0.25, 0.3) is 0 Å². The maximum absolute atomic E-state index is 11.4. The van der Waals surface area contributed by atoms with E-state index in [0.717, 1.165) is 6.42 Å². The first-order valence-corrected chi connectivity index (χ1v) is 5.95. The van der Waals surface area contributed by atoms with E-state index in [4.69, 9.17) is 0 Å². The van der Waals surface area contributed by atoms with Crippen molar-refractivity contribution < 1.29 is 4.79 Å². The van der Waals surface area contributed by atoms with Crippen molar-refractivity contribution in [2.24, 2.45) is 0 Å². The molecule has 1 nitrogen and oxygen atoms in total. The predicted octanol–water partition coefficient (Wildman–Crippen LogP) is 3.13. The molecule has 1 aromatic carbocycles. The van der Waals surface area contributed by atoms with E-state index in [-0.39, 0.29) is 0 Å². The van der Waals surface area contributed by atoms with Crippen molar-refractivity contribution in [3.05, 3.63) is 34.9 Å². The summed E-state index contributed by atoms with van der Waals surface area (Å²) in [5.74, 6) is 0.969. The van der Waals surface area contributed by atoms with Crippen LogP contribution in [0.3, 0.4) is 0 Å². The Labute approximate surface area is 97.3 Å². The highest BCUT2D eigenvalue weighted by molar-refractivity contribution is 7.80. The fourth-order valence-corrected chi connectivity index (χ4v) is 1.84. The molecule has 1 rings (SSSR count). The van der Waals surface area contributed by atoms with Gasteiger partial charge in [-0.25, -0.2) is 0 Å². The molecule has 0 saturated heterocycles. The van der Waals surface area contributed by atoms with Crippen LogP contribution in [0.25, 0.3) is 0 Å². The molecule has 0 atom stereocenters. The van der Waals surface area contributed by atoms with Gasteiger partial charge in [0.1, 0.15) is 5.78 Å². The molecule has 0 aromatic heterocycles. The van der Waals surface area contributed by atoms with Gasteiger partial charge >= 0.3 is 0 Å². The van der Waals surface area contributed by atoms with Gasteiger partial charge in [0.05, 0.1) is 0 Å². The standard InChI is InChI=1S/C13H18OS/c1-10-3-4-11(2)12(9-10)5-6-13(14)7-8-15/h3-4,9,15H,5-8H2,1-2H3. The number of carbonyl (C=O) groups is 1. The fraction of sp³-hybridized carbons (Fsp3) is 0.462. The van der Waals surface area contributed by atoms with Crippen LogP contribution in [0, 0.1) is 13.8 Å². The molecule has 0 bridgehead atoms. The minimum absolute atomic E-state index is 0.311. The number of hydrogen-bond donors (Lipinski definition) is 1. The van der Waals surface area contributed by atoms with Gasteiger partial charge in [-0.3, -0.25) is 4.79 Å². The van der Waals surface area contributed by atoms with Gasteiger partial charge in [-0.1, -0.05) is 23.8 Å². The Morgan fingerprint density at radius 3 is 2.67 bits per heavy atom. The lowest BCUT2D eigenvalue weighted by molar-refractivity contribution is -0.118. The average molecular weight is 222 g/mol. The van der Waals surface area contributed by atoms with Gasteiger partial charge in [0.2, 0.25) is 0 Å². The lowest BCUT2D eigenvalue weighted by atomic mass is 10.00. The molecule has 82 valence electrons. The molecule has 0 spiro atoms. The van der Waals surface area contributed by atoms with Crippen molar-refractivity contribution >= 4 is 18.4 Å². The van der Waals surface area contributed by atoms with E-state index in [1.54, 1.807) is 0 Å². The molecule has 0 aliphatic carbocycles. The molecule has 2 heteroatoms. The normalized spacial score (nSPS) is 10.3. The van der Waals surface area contributed by atoms with Crippen LogP contribution in [-0.4, -0.2) is 11.5 Å². The molecular weight excluding hydrogens is 204 g/mol. The molecule has 0 aliphatic rings. The second kappa shape index (κ2) is 5.96. The Hall–Kier alpha value is -0.760. The third kappa shape index (κ3) is 4.08. The van der Waals surface area contributed by atoms with E-state index in [1.165, 1.54) is 16.7 Å². The molecule has 0 amide bonds. The Bertz CT molecular complexity index is 344. The second-order valence-electron chi connectivity index (χ2n) is 3.94. The summed E-state index contributed by atoms with van der Waals surface area (Å²) in [6.07, 6.45) is 2.10. The Kier molecular flexibility index (Phi) is 4.89. The topological polar surface area (TPSA) is 17.1 Å². The van der Waals surface area contributed by atoms with Crippen molar-refractivity contribution in [3.63, 3.8) is 0 Å². The largest absolute Gasteiger partial charge is 0.300 e. The zero-order valence-corrected chi connectivity index (χ0v) is 10.3. The zero-order valence-electron chi connectivity index (χ0n) is 9.42. The monoisotopic (exact) mass is 222 g/mol. The minimum atomic E-state index is 0.311. The smallest absolute Gasteiger partial charge is 0.134 e. The van der Waals surface area contributed by atoms with E-state index in [9.17, 15) is 4.79 Å². The van der Waals surface area contributed by atoms with Crippen LogP contribution in [0.5, 0.6) is 0 Å². The molecule has 0 radical (unpaired) electrons. The molecule has 0 aliphatic heterocycles. The van der Waals surface area contributed by atoms with E-state index in [1.807, 2.05) is 0 Å². The highest BCUT2D eigenvalue weighted by atomic mass is 32.1. The molecule has 15 heavy (non-hydrogen) atoms. The van der Waals surface area contributed by atoms with Crippen molar-refractivity contribution in [3.8, 4) is 0 Å². The van der Waals surface area contributed by atoms with Crippen molar-refractivity contribution in [1.29, 1.82) is 0 Å². The van der Waals surface area contributed by atoms with Crippen LogP contribution in [0.2, 0.25) is 0 Å². The van der Waals surface area contributed by atoms with Crippen LogP contribution in [0.1, 0.15) is 29.5 Å². The molecule has 0 fully saturated rings. The SMILES string of the molecule is Cc1ccc(C)c(CCC(=O)CCS)c1. The van der Waals surface area contributed by atoms with Crippen LogP contribution in [0.15, 0.2) is 18.2 Å². The molecule has 0 heterocycles. The Morgan fingerprint density at radius 1 is 1.27 bits per heavy atom. The third-order valence-corrected chi connectivity index (χ3v) is 2.79. The quantitative estimate of drug-likeness (QED) is 0.757. The van der Waals surface area contributed by atoms with Crippen molar-refractivity contribution in [2.75, 3.05) is 5.75 Å². The summed E-state index contributed by atoms with van der Waals surface area (Å²) < 4.78 is 0. The Morgan fingerprint density at radius 2 is 2.00 bits per heavy atom. The van der Waals surface area contributed by atoms with E-state index >= 15 is 0 Å². The lowest BCUT2D eigenvalue weighted by Crippen LogP contribution is -2.02. The summed E-state index contributed by atoms with van der Waals surface area (Å²) in [6, 6.07) is 6.39. The average Bonchev–Trinajstić information content (AvgIpc) is 2.20. The third-order valence-electron chi connectivity index (χ3n) is 2.57. The maximum atomic E-state index is 11.4. The fourth-order valence-electron chi connectivity index (χ4n) is 1.59. The van der Waals surface area contributed by atoms with Gasteiger partial charge in [0.15, 0.2) is 0 Å². The van der Waals surface area contributed by atoms with E-state index < -0.39 is 0 Å². The highest BCUT2D eigenvalue weighted by Gasteiger charge is 2.03. The van der Waals surface area contributed by atoms with Gasteiger partial charge in [-0.05, 0) is 37.1 Å². The molecular formula is C13H18OS. The molecule has 1 aromatic rings. The maximum Gasteiger partial charge on any atom is 0.134 e. The van der Waals surface area contributed by atoms with Gasteiger partial charge in [-0.15, -0.1) is 0 Å². The number of carbonyl (C=O) groups excluding carboxylic acids is 1. The summed E-state index contributed by atoms with van der Waals surface area (Å²) in [5, 5.41) is 0. The second-order valence-corrected chi connectivity index (χ2v) is 4.39. The van der Waals surface area contributed by atoms with Gasteiger partial charge in [-0.2, -0.15) is 12.6 Å². The first kappa shape index (κ1) is 12.3. The minimum Gasteiger partial charge on any atom is -0.300 e. The van der Waals surface area contributed by atoms with Crippen molar-refractivity contribution in [2.45, 2.75) is 33.1 Å². The predicted molar refractivity (Wildman–Crippen MR) is 67.7 cm³/mol. The van der Waals surface area contributed by atoms with E-state index in [2.05, 4.69) is 44.7 Å². The van der Waals surface area contributed by atoms with Crippen LogP contribution in [0.4, 0.5) is 0 Å². The summed E-state index contributed by atoms with van der Waals surface area (Å²) in [6.45, 7) is 4.18. The van der Waals surface area contributed by atoms with Crippen LogP contribution < -0.4 is 0 Å². The number of ketones is 1. The summed E-state index contributed by atoms with van der Waals surface area (Å²) in [5.41, 5.74) is 3.83.